The Bertz CT molecular complexity index is 1440. The molecule has 10 rings (SSSR count). The number of hydrogen-bond donors (Lipinski definition) is 0. The third-order valence-electron chi connectivity index (χ3n) is 10.1. The maximum absolute atomic E-state index is 6.74. The highest BCUT2D eigenvalue weighted by atomic mass is 16.8. The van der Waals surface area contributed by atoms with Crippen molar-refractivity contribution in [3.8, 4) is 0 Å². The van der Waals surface area contributed by atoms with E-state index in [0.29, 0.717) is 39.6 Å². The van der Waals surface area contributed by atoms with Crippen LogP contribution in [0.3, 0.4) is 0 Å². The third-order valence-corrected chi connectivity index (χ3v) is 10.1. The minimum absolute atomic E-state index is 0.0508. The molecular formula is C36H38O10. The summed E-state index contributed by atoms with van der Waals surface area (Å²) in [6.45, 7) is 3.14. The maximum atomic E-state index is 6.74. The summed E-state index contributed by atoms with van der Waals surface area (Å²) >= 11 is 0. The smallest absolute Gasteiger partial charge is 0.222 e. The highest BCUT2D eigenvalue weighted by Gasteiger charge is 2.67. The van der Waals surface area contributed by atoms with Crippen LogP contribution in [0.4, 0.5) is 0 Å². The number of fused-ring (bicyclic) bond motifs is 10. The minimum Gasteiger partial charge on any atom is -0.374 e. The van der Waals surface area contributed by atoms with Crippen LogP contribution in [0.25, 0.3) is 0 Å². The molecule has 242 valence electrons. The van der Waals surface area contributed by atoms with Crippen molar-refractivity contribution in [2.45, 2.75) is 87.8 Å². The first kappa shape index (κ1) is 29.4. The van der Waals surface area contributed by atoms with Crippen molar-refractivity contribution in [1.29, 1.82) is 0 Å². The summed E-state index contributed by atoms with van der Waals surface area (Å²) in [6, 6.07) is 24.5. The molecule has 7 aliphatic heterocycles. The second-order valence-electron chi connectivity index (χ2n) is 12.9. The van der Waals surface area contributed by atoms with Crippen molar-refractivity contribution in [1.82, 2.24) is 0 Å². The Balaban J connectivity index is 1.06. The SMILES string of the molecule is c1ccc2c(c1)COC[C@H]1O[C@@]3(CO[C@@]4(CO3)O[C@H](COC2)[C@H]2OCc3ccccc3CO[C@@H]24)[C@H]2OCc3ccccc3CO[C@H]12. The fourth-order valence-electron chi connectivity index (χ4n) is 7.57. The van der Waals surface area contributed by atoms with Crippen LogP contribution in [0.5, 0.6) is 0 Å². The van der Waals surface area contributed by atoms with Crippen LogP contribution in [0.15, 0.2) is 72.8 Å². The molecule has 4 bridgehead atoms. The molecule has 0 aromatic heterocycles. The predicted octanol–water partition coefficient (Wildman–Crippen LogP) is 3.94. The quantitative estimate of drug-likeness (QED) is 0.364. The first-order chi connectivity index (χ1) is 22.7. The highest BCUT2D eigenvalue weighted by Crippen LogP contribution is 2.47. The number of benzene rings is 3. The Kier molecular flexibility index (Phi) is 7.70. The lowest BCUT2D eigenvalue weighted by Gasteiger charge is -2.46. The van der Waals surface area contributed by atoms with Gasteiger partial charge in [-0.1, -0.05) is 72.8 Å². The molecule has 3 aromatic rings. The van der Waals surface area contributed by atoms with E-state index in [1.54, 1.807) is 0 Å². The van der Waals surface area contributed by atoms with Gasteiger partial charge in [-0.05, 0) is 33.4 Å². The molecule has 10 heteroatoms. The summed E-state index contributed by atoms with van der Waals surface area (Å²) in [5, 5.41) is 0. The van der Waals surface area contributed by atoms with E-state index in [1.165, 1.54) is 0 Å². The van der Waals surface area contributed by atoms with E-state index in [4.69, 9.17) is 47.4 Å². The molecule has 0 aliphatic carbocycles. The monoisotopic (exact) mass is 630 g/mol. The average Bonchev–Trinajstić information content (AvgIpc) is 3.50. The van der Waals surface area contributed by atoms with E-state index in [2.05, 4.69) is 36.4 Å². The zero-order valence-corrected chi connectivity index (χ0v) is 25.5. The Labute approximate surface area is 267 Å². The fraction of sp³-hybridized carbons (Fsp3) is 0.500. The molecule has 2 spiro atoms. The van der Waals surface area contributed by atoms with Crippen molar-refractivity contribution in [2.75, 3.05) is 26.4 Å². The topological polar surface area (TPSA) is 92.3 Å². The van der Waals surface area contributed by atoms with Crippen molar-refractivity contribution >= 4 is 0 Å². The van der Waals surface area contributed by atoms with Gasteiger partial charge in [0, 0.05) is 0 Å². The summed E-state index contributed by atoms with van der Waals surface area (Å²) in [4.78, 5) is 0. The largest absolute Gasteiger partial charge is 0.374 e. The van der Waals surface area contributed by atoms with Gasteiger partial charge < -0.3 is 47.4 Å². The van der Waals surface area contributed by atoms with E-state index in [-0.39, 0.29) is 26.4 Å². The van der Waals surface area contributed by atoms with Crippen molar-refractivity contribution in [3.63, 3.8) is 0 Å². The summed E-state index contributed by atoms with van der Waals surface area (Å²) in [7, 11) is 0. The fourth-order valence-corrected chi connectivity index (χ4v) is 7.57. The normalized spacial score (nSPS) is 37.3. The van der Waals surface area contributed by atoms with E-state index in [1.807, 2.05) is 36.4 Å². The lowest BCUT2D eigenvalue weighted by Crippen LogP contribution is -2.63. The minimum atomic E-state index is -1.23. The van der Waals surface area contributed by atoms with Gasteiger partial charge in [0.15, 0.2) is 0 Å². The molecule has 46 heavy (non-hydrogen) atoms. The maximum Gasteiger partial charge on any atom is 0.222 e. The van der Waals surface area contributed by atoms with Gasteiger partial charge in [-0.25, -0.2) is 0 Å². The molecule has 0 unspecified atom stereocenters. The van der Waals surface area contributed by atoms with Gasteiger partial charge in [0.2, 0.25) is 11.6 Å². The first-order valence-corrected chi connectivity index (χ1v) is 16.2. The Hall–Kier alpha value is -2.74. The molecule has 7 aliphatic rings. The zero-order valence-electron chi connectivity index (χ0n) is 25.5. The molecule has 0 radical (unpaired) electrons. The molecule has 3 aromatic carbocycles. The summed E-state index contributed by atoms with van der Waals surface area (Å²) in [5.74, 6) is -2.46. The number of ether oxygens (including phenoxy) is 10. The lowest BCUT2D eigenvalue weighted by molar-refractivity contribution is -0.407. The molecular weight excluding hydrogens is 592 g/mol. The van der Waals surface area contributed by atoms with E-state index >= 15 is 0 Å². The predicted molar refractivity (Wildman–Crippen MR) is 160 cm³/mol. The van der Waals surface area contributed by atoms with E-state index < -0.39 is 48.2 Å². The summed E-state index contributed by atoms with van der Waals surface area (Å²) in [6.07, 6.45) is -2.91. The van der Waals surface area contributed by atoms with Crippen LogP contribution in [-0.2, 0) is 87.0 Å². The second kappa shape index (κ2) is 12.1. The van der Waals surface area contributed by atoms with Crippen LogP contribution in [0.1, 0.15) is 33.4 Å². The Morgan fingerprint density at radius 3 is 1.15 bits per heavy atom. The molecule has 3 fully saturated rings. The molecule has 0 N–H and O–H groups in total. The van der Waals surface area contributed by atoms with Gasteiger partial charge in [-0.3, -0.25) is 0 Å². The van der Waals surface area contributed by atoms with Crippen LogP contribution in [-0.4, -0.2) is 74.6 Å². The Morgan fingerprint density at radius 2 is 0.783 bits per heavy atom. The molecule has 8 atom stereocenters. The standard InChI is InChI=1S/C36H38O10/c1-2-8-24-14-38-20-30-32-34(42-18-28-12-6-4-10-26(28)16-40-32)36(46-30)22-43-35(21-44-36)33-31(29(45-35)19-37-13-23(24)7-1)39-15-25-9-3-5-11-27(25)17-41-33/h1-12,29-34H,13-22H2/t29-,30-,31-,32-,33+,34+,35+,36+/m1/s1. The molecule has 7 heterocycles. The van der Waals surface area contributed by atoms with Gasteiger partial charge >= 0.3 is 0 Å². The van der Waals surface area contributed by atoms with Gasteiger partial charge in [0.1, 0.15) is 49.8 Å². The number of rotatable bonds is 0. The van der Waals surface area contributed by atoms with Gasteiger partial charge in [-0.2, -0.15) is 0 Å². The highest BCUT2D eigenvalue weighted by molar-refractivity contribution is 5.28. The zero-order chi connectivity index (χ0) is 30.6. The first-order valence-electron chi connectivity index (χ1n) is 16.2. The van der Waals surface area contributed by atoms with Crippen LogP contribution in [0.2, 0.25) is 0 Å². The molecule has 3 saturated heterocycles. The Morgan fingerprint density at radius 1 is 0.435 bits per heavy atom. The van der Waals surface area contributed by atoms with Crippen LogP contribution in [0, 0.1) is 0 Å². The van der Waals surface area contributed by atoms with Crippen molar-refractivity contribution in [2.24, 2.45) is 0 Å². The number of hydrogen-bond acceptors (Lipinski definition) is 10. The lowest BCUT2D eigenvalue weighted by atomic mass is 9.99. The molecule has 10 nitrogen and oxygen atoms in total. The van der Waals surface area contributed by atoms with Crippen molar-refractivity contribution in [3.05, 3.63) is 106 Å². The van der Waals surface area contributed by atoms with Gasteiger partial charge in [-0.15, -0.1) is 0 Å². The third kappa shape index (κ3) is 5.12. The van der Waals surface area contributed by atoms with Gasteiger partial charge in [0.05, 0.1) is 52.9 Å². The second-order valence-corrected chi connectivity index (χ2v) is 12.9. The van der Waals surface area contributed by atoms with Crippen LogP contribution >= 0.6 is 0 Å². The molecule has 0 saturated carbocycles. The van der Waals surface area contributed by atoms with Gasteiger partial charge in [0.25, 0.3) is 0 Å². The van der Waals surface area contributed by atoms with Crippen molar-refractivity contribution < 1.29 is 47.4 Å². The molecule has 0 amide bonds. The van der Waals surface area contributed by atoms with E-state index in [9.17, 15) is 0 Å². The average molecular weight is 631 g/mol. The van der Waals surface area contributed by atoms with Crippen LogP contribution < -0.4 is 0 Å². The summed E-state index contributed by atoms with van der Waals surface area (Å²) in [5.41, 5.74) is 6.43. The van der Waals surface area contributed by atoms with E-state index in [0.717, 1.165) is 33.4 Å². The summed E-state index contributed by atoms with van der Waals surface area (Å²) < 4.78 is 65.8.